The van der Waals surface area contributed by atoms with Crippen molar-refractivity contribution in [2.24, 2.45) is 0 Å². The van der Waals surface area contributed by atoms with Gasteiger partial charge < -0.3 is 5.11 Å². The molecule has 0 spiro atoms. The molecule has 5 nitrogen and oxygen atoms in total. The Balaban J connectivity index is 1.62. The predicted octanol–water partition coefficient (Wildman–Crippen LogP) is 3.97. The lowest BCUT2D eigenvalue weighted by molar-refractivity contribution is 0.0702. The second-order valence-electron chi connectivity index (χ2n) is 5.97. The average molecular weight is 416 g/mol. The highest BCUT2D eigenvalue weighted by molar-refractivity contribution is 7.89. The van der Waals surface area contributed by atoms with Crippen LogP contribution in [0.15, 0.2) is 36.4 Å². The van der Waals surface area contributed by atoms with Crippen LogP contribution in [0.2, 0.25) is 5.02 Å². The Morgan fingerprint density at radius 3 is 2.62 bits per heavy atom. The molecule has 142 valence electrons. The van der Waals surface area contributed by atoms with Gasteiger partial charge in [-0.15, -0.1) is 11.3 Å². The number of hydrogen-bond donors (Lipinski definition) is 2. The Morgan fingerprint density at radius 2 is 1.92 bits per heavy atom. The van der Waals surface area contributed by atoms with E-state index in [9.17, 15) is 13.2 Å². The Labute approximate surface area is 163 Å². The molecule has 0 amide bonds. The van der Waals surface area contributed by atoms with E-state index >= 15 is 0 Å². The van der Waals surface area contributed by atoms with Crippen LogP contribution in [0.1, 0.15) is 39.4 Å². The number of carbonyl (C=O) groups is 1. The lowest BCUT2D eigenvalue weighted by atomic mass is 10.1. The number of halogens is 1. The number of aryl methyl sites for hydroxylation is 2. The molecule has 2 rings (SSSR count). The highest BCUT2D eigenvalue weighted by Crippen LogP contribution is 2.18. The molecule has 2 N–H and O–H groups in total. The van der Waals surface area contributed by atoms with Gasteiger partial charge in [-0.05, 0) is 61.9 Å². The number of benzene rings is 1. The Kier molecular flexibility index (Phi) is 8.09. The highest BCUT2D eigenvalue weighted by Gasteiger charge is 2.10. The topological polar surface area (TPSA) is 83.5 Å². The second kappa shape index (κ2) is 10.1. The van der Waals surface area contributed by atoms with Crippen molar-refractivity contribution in [2.45, 2.75) is 32.1 Å². The van der Waals surface area contributed by atoms with Crippen LogP contribution < -0.4 is 4.72 Å². The molecule has 0 aliphatic heterocycles. The monoisotopic (exact) mass is 415 g/mol. The lowest BCUT2D eigenvalue weighted by Crippen LogP contribution is -2.27. The third kappa shape index (κ3) is 7.45. The molecule has 2 aromatic rings. The first-order chi connectivity index (χ1) is 12.4. The van der Waals surface area contributed by atoms with Crippen molar-refractivity contribution in [1.82, 2.24) is 4.72 Å². The van der Waals surface area contributed by atoms with Crippen LogP contribution >= 0.6 is 22.9 Å². The number of unbranched alkanes of at least 4 members (excludes halogenated alkanes) is 1. The molecular weight excluding hydrogens is 394 g/mol. The summed E-state index contributed by atoms with van der Waals surface area (Å²) in [5.41, 5.74) is 1.11. The van der Waals surface area contributed by atoms with E-state index in [4.69, 9.17) is 16.7 Å². The first-order valence-electron chi connectivity index (χ1n) is 8.39. The van der Waals surface area contributed by atoms with Crippen LogP contribution in [0.25, 0.3) is 0 Å². The zero-order valence-corrected chi connectivity index (χ0v) is 16.7. The number of aromatic carboxylic acids is 1. The maximum absolute atomic E-state index is 12.0. The van der Waals surface area contributed by atoms with Crippen LogP contribution in [0.4, 0.5) is 0 Å². The fourth-order valence-corrected chi connectivity index (χ4v) is 4.79. The van der Waals surface area contributed by atoms with Gasteiger partial charge in [-0.2, -0.15) is 0 Å². The van der Waals surface area contributed by atoms with Crippen molar-refractivity contribution in [3.05, 3.63) is 56.7 Å². The second-order valence-corrected chi connectivity index (χ2v) is 9.51. The number of carboxylic acids is 1. The van der Waals surface area contributed by atoms with E-state index in [1.54, 1.807) is 12.1 Å². The van der Waals surface area contributed by atoms with Crippen LogP contribution in [-0.2, 0) is 22.9 Å². The number of rotatable bonds is 11. The van der Waals surface area contributed by atoms with Crippen molar-refractivity contribution in [3.63, 3.8) is 0 Å². The van der Waals surface area contributed by atoms with Gasteiger partial charge in [0.25, 0.3) is 0 Å². The molecule has 1 heterocycles. The van der Waals surface area contributed by atoms with E-state index < -0.39 is 16.0 Å². The van der Waals surface area contributed by atoms with Crippen molar-refractivity contribution >= 4 is 38.9 Å². The highest BCUT2D eigenvalue weighted by atomic mass is 35.5. The van der Waals surface area contributed by atoms with Crippen molar-refractivity contribution < 1.29 is 18.3 Å². The van der Waals surface area contributed by atoms with E-state index in [0.717, 1.165) is 23.3 Å². The van der Waals surface area contributed by atoms with Gasteiger partial charge >= 0.3 is 5.97 Å². The fraction of sp³-hybridized carbons (Fsp3) is 0.389. The molecule has 0 saturated heterocycles. The maximum Gasteiger partial charge on any atom is 0.345 e. The van der Waals surface area contributed by atoms with Crippen LogP contribution in [-0.4, -0.2) is 31.8 Å². The minimum absolute atomic E-state index is 0.107. The Bertz CT molecular complexity index is 833. The van der Waals surface area contributed by atoms with E-state index in [2.05, 4.69) is 4.72 Å². The molecule has 0 unspecified atom stereocenters. The summed E-state index contributed by atoms with van der Waals surface area (Å²) in [5, 5.41) is 9.57. The number of carboxylic acid groups (broad SMARTS) is 1. The number of thiophene rings is 1. The lowest BCUT2D eigenvalue weighted by Gasteiger charge is -2.07. The largest absolute Gasteiger partial charge is 0.477 e. The van der Waals surface area contributed by atoms with Crippen molar-refractivity contribution in [2.75, 3.05) is 12.3 Å². The molecule has 0 aliphatic rings. The normalized spacial score (nSPS) is 11.6. The minimum Gasteiger partial charge on any atom is -0.477 e. The van der Waals surface area contributed by atoms with Gasteiger partial charge in [-0.25, -0.2) is 17.9 Å². The van der Waals surface area contributed by atoms with E-state index in [1.165, 1.54) is 11.3 Å². The zero-order chi connectivity index (χ0) is 19.0. The van der Waals surface area contributed by atoms with E-state index in [0.29, 0.717) is 35.7 Å². The molecule has 26 heavy (non-hydrogen) atoms. The van der Waals surface area contributed by atoms with Crippen LogP contribution in [0, 0.1) is 0 Å². The molecule has 0 fully saturated rings. The number of hydrogen-bond acceptors (Lipinski definition) is 4. The Hall–Kier alpha value is -1.41. The molecule has 0 radical (unpaired) electrons. The SMILES string of the molecule is O=C(O)c1ccc(CCCNS(=O)(=O)CCCCc2cccc(Cl)c2)s1. The number of nitrogens with one attached hydrogen (secondary N) is 1. The van der Waals surface area contributed by atoms with Gasteiger partial charge in [0.05, 0.1) is 5.75 Å². The smallest absolute Gasteiger partial charge is 0.345 e. The van der Waals surface area contributed by atoms with Gasteiger partial charge in [-0.1, -0.05) is 23.7 Å². The van der Waals surface area contributed by atoms with E-state index in [-0.39, 0.29) is 5.75 Å². The molecular formula is C18H22ClNO4S2. The minimum atomic E-state index is -3.27. The summed E-state index contributed by atoms with van der Waals surface area (Å²) in [5.74, 6) is -0.824. The van der Waals surface area contributed by atoms with Gasteiger partial charge in [0.1, 0.15) is 4.88 Å². The molecule has 0 aliphatic carbocycles. The molecule has 0 bridgehead atoms. The predicted molar refractivity (Wildman–Crippen MR) is 106 cm³/mol. The standard InChI is InChI=1S/C18H22ClNO4S2/c19-15-7-3-6-14(13-15)5-1-2-12-26(23,24)20-11-4-8-16-9-10-17(25-16)18(21)22/h3,6-7,9-10,13,20H,1-2,4-5,8,11-12H2,(H,21,22). The van der Waals surface area contributed by atoms with Gasteiger partial charge in [0.2, 0.25) is 10.0 Å². The third-order valence-corrected chi connectivity index (χ3v) is 6.65. The molecule has 1 aromatic heterocycles. The van der Waals surface area contributed by atoms with Crippen LogP contribution in [0.5, 0.6) is 0 Å². The molecule has 0 atom stereocenters. The fourth-order valence-electron chi connectivity index (χ4n) is 2.50. The van der Waals surface area contributed by atoms with Gasteiger partial charge in [-0.3, -0.25) is 0 Å². The average Bonchev–Trinajstić information content (AvgIpc) is 3.05. The van der Waals surface area contributed by atoms with Gasteiger partial charge in [0.15, 0.2) is 0 Å². The molecule has 1 aromatic carbocycles. The van der Waals surface area contributed by atoms with Crippen molar-refractivity contribution in [1.29, 1.82) is 0 Å². The summed E-state index contributed by atoms with van der Waals surface area (Å²) in [6.45, 7) is 0.358. The summed E-state index contributed by atoms with van der Waals surface area (Å²) in [6, 6.07) is 10.9. The first kappa shape index (κ1) is 20.9. The maximum atomic E-state index is 12.0. The summed E-state index contributed by atoms with van der Waals surface area (Å²) in [4.78, 5) is 12.1. The first-order valence-corrected chi connectivity index (χ1v) is 11.2. The Morgan fingerprint density at radius 1 is 1.12 bits per heavy atom. The van der Waals surface area contributed by atoms with E-state index in [1.807, 2.05) is 24.3 Å². The number of sulfonamides is 1. The van der Waals surface area contributed by atoms with Crippen molar-refractivity contribution in [3.8, 4) is 0 Å². The van der Waals surface area contributed by atoms with Gasteiger partial charge in [0, 0.05) is 16.4 Å². The summed E-state index contributed by atoms with van der Waals surface area (Å²) >= 11 is 7.16. The molecule has 8 heteroatoms. The quantitative estimate of drug-likeness (QED) is 0.544. The van der Waals surface area contributed by atoms with Crippen LogP contribution in [0.3, 0.4) is 0 Å². The third-order valence-electron chi connectivity index (χ3n) is 3.81. The summed E-state index contributed by atoms with van der Waals surface area (Å²) in [6.07, 6.45) is 3.49. The zero-order valence-electron chi connectivity index (χ0n) is 14.3. The molecule has 0 saturated carbocycles. The summed E-state index contributed by atoms with van der Waals surface area (Å²) in [7, 11) is -3.27. The summed E-state index contributed by atoms with van der Waals surface area (Å²) < 4.78 is 26.6.